The van der Waals surface area contributed by atoms with Crippen LogP contribution < -0.4 is 10.9 Å². The first-order valence-electron chi connectivity index (χ1n) is 2.99. The minimum Gasteiger partial charge on any atom is -0.454 e. The van der Waals surface area contributed by atoms with Crippen LogP contribution in [0, 0.1) is 0 Å². The average molecular weight is 165 g/mol. The fourth-order valence-electron chi connectivity index (χ4n) is 0.567. The molecule has 0 saturated carbocycles. The van der Waals surface area contributed by atoms with Crippen molar-refractivity contribution in [3.05, 3.63) is 0 Å². The number of hydrogen-bond donors (Lipinski definition) is 2. The van der Waals surface area contributed by atoms with Crippen LogP contribution in [0.5, 0.6) is 0 Å². The smallest absolute Gasteiger partial charge is 0.403 e. The quantitative estimate of drug-likeness (QED) is 0.473. The monoisotopic (exact) mass is 164 g/mol. The van der Waals surface area contributed by atoms with Gasteiger partial charge in [-0.2, -0.15) is 0 Å². The van der Waals surface area contributed by atoms with Crippen molar-refractivity contribution in [3.8, 4) is 0 Å². The Labute approximate surface area is 63.8 Å². The Morgan fingerprint density at radius 2 is 2.30 bits per heavy atom. The lowest BCUT2D eigenvalue weighted by atomic mass is 10.2. The van der Waals surface area contributed by atoms with E-state index in [2.05, 4.69) is 15.6 Å². The van der Waals surface area contributed by atoms with Gasteiger partial charge in [0.05, 0.1) is 12.3 Å². The van der Waals surface area contributed by atoms with Gasteiger partial charge in [-0.1, -0.05) is 0 Å². The van der Waals surface area contributed by atoms with Crippen molar-refractivity contribution in [2.75, 3.05) is 6.61 Å². The number of hydrazine groups is 1. The van der Waals surface area contributed by atoms with Gasteiger partial charge in [-0.05, 0) is 6.92 Å². The van der Waals surface area contributed by atoms with E-state index in [0.717, 1.165) is 6.42 Å². The molecule has 4 nitrogen and oxygen atoms in total. The highest BCUT2D eigenvalue weighted by Crippen LogP contribution is 2.13. The summed E-state index contributed by atoms with van der Waals surface area (Å²) in [6.07, 6.45) is 0.728. The van der Waals surface area contributed by atoms with E-state index in [-0.39, 0.29) is 5.66 Å². The minimum absolute atomic E-state index is 0.0493. The number of ether oxygens (including phenoxy) is 1. The molecule has 1 saturated heterocycles. The lowest BCUT2D eigenvalue weighted by molar-refractivity contribution is 0.168. The first kappa shape index (κ1) is 7.78. The molecule has 0 amide bonds. The maximum atomic E-state index is 10.1. The summed E-state index contributed by atoms with van der Waals surface area (Å²) in [6, 6.07) is 0. The van der Waals surface area contributed by atoms with E-state index < -0.39 is 5.43 Å². The van der Waals surface area contributed by atoms with E-state index >= 15 is 0 Å². The summed E-state index contributed by atoms with van der Waals surface area (Å²) in [4.78, 5) is 10.1. The van der Waals surface area contributed by atoms with Gasteiger partial charge in [-0.25, -0.2) is 15.6 Å². The van der Waals surface area contributed by atoms with Gasteiger partial charge in [0.2, 0.25) is 0 Å². The number of halogens is 1. The molecule has 1 rings (SSSR count). The van der Waals surface area contributed by atoms with Gasteiger partial charge in [0.25, 0.3) is 0 Å². The standard InChI is InChI=1S/C5H9ClN2O2/c1-5(7-8-5)2-3-10-4(6)9/h7-8H,2-3H2,1H3. The second kappa shape index (κ2) is 2.74. The van der Waals surface area contributed by atoms with E-state index in [9.17, 15) is 4.79 Å². The van der Waals surface area contributed by atoms with E-state index in [0.29, 0.717) is 6.61 Å². The Kier molecular flexibility index (Phi) is 2.13. The van der Waals surface area contributed by atoms with Gasteiger partial charge in [-0.15, -0.1) is 0 Å². The van der Waals surface area contributed by atoms with Crippen molar-refractivity contribution in [1.82, 2.24) is 10.9 Å². The van der Waals surface area contributed by atoms with Crippen LogP contribution >= 0.6 is 11.6 Å². The van der Waals surface area contributed by atoms with Crippen LogP contribution in [0.1, 0.15) is 13.3 Å². The predicted octanol–water partition coefficient (Wildman–Crippen LogP) is 0.576. The van der Waals surface area contributed by atoms with E-state index in [1.54, 1.807) is 0 Å². The third kappa shape index (κ3) is 2.51. The number of carbonyl (C=O) groups excluding carboxylic acids is 1. The Balaban J connectivity index is 2.00. The molecule has 5 heteroatoms. The van der Waals surface area contributed by atoms with Gasteiger partial charge in [0.1, 0.15) is 0 Å². The zero-order chi connectivity index (χ0) is 7.61. The lowest BCUT2D eigenvalue weighted by Crippen LogP contribution is -2.15. The number of carbonyl (C=O) groups is 1. The van der Waals surface area contributed by atoms with Gasteiger partial charge in [0.15, 0.2) is 0 Å². The molecule has 10 heavy (non-hydrogen) atoms. The predicted molar refractivity (Wildman–Crippen MR) is 36.5 cm³/mol. The van der Waals surface area contributed by atoms with Crippen LogP contribution in [0.15, 0.2) is 0 Å². The van der Waals surface area contributed by atoms with Crippen LogP contribution in [0.3, 0.4) is 0 Å². The molecule has 0 aromatic carbocycles. The van der Waals surface area contributed by atoms with Crippen LogP contribution in [0.4, 0.5) is 4.79 Å². The Bertz CT molecular complexity index is 147. The molecule has 0 spiro atoms. The fourth-order valence-corrected chi connectivity index (χ4v) is 0.644. The summed E-state index contributed by atoms with van der Waals surface area (Å²) >= 11 is 4.93. The highest BCUT2D eigenvalue weighted by atomic mass is 35.5. The van der Waals surface area contributed by atoms with Gasteiger partial charge >= 0.3 is 5.43 Å². The van der Waals surface area contributed by atoms with Crippen LogP contribution in [-0.2, 0) is 4.74 Å². The number of rotatable bonds is 3. The van der Waals surface area contributed by atoms with Crippen molar-refractivity contribution < 1.29 is 9.53 Å². The van der Waals surface area contributed by atoms with Crippen molar-refractivity contribution in [1.29, 1.82) is 0 Å². The van der Waals surface area contributed by atoms with Crippen molar-refractivity contribution in [2.45, 2.75) is 19.0 Å². The molecule has 0 atom stereocenters. The molecule has 0 aliphatic carbocycles. The number of hydrogen-bond acceptors (Lipinski definition) is 4. The molecule has 2 N–H and O–H groups in total. The van der Waals surface area contributed by atoms with E-state index in [1.165, 1.54) is 0 Å². The molecule has 1 heterocycles. The number of nitrogens with one attached hydrogen (secondary N) is 2. The third-order valence-corrected chi connectivity index (χ3v) is 1.48. The zero-order valence-electron chi connectivity index (χ0n) is 5.61. The van der Waals surface area contributed by atoms with Gasteiger partial charge in [0, 0.05) is 18.0 Å². The van der Waals surface area contributed by atoms with Crippen LogP contribution in [-0.4, -0.2) is 17.7 Å². The van der Waals surface area contributed by atoms with Crippen molar-refractivity contribution in [2.24, 2.45) is 0 Å². The topological polar surface area (TPSA) is 70.2 Å². The third-order valence-electron chi connectivity index (χ3n) is 1.37. The highest BCUT2D eigenvalue weighted by molar-refractivity contribution is 6.61. The Hall–Kier alpha value is -0.320. The normalized spacial score (nSPS) is 20.2. The maximum Gasteiger partial charge on any atom is 0.403 e. The first-order valence-corrected chi connectivity index (χ1v) is 3.37. The fraction of sp³-hybridized carbons (Fsp3) is 0.800. The molecule has 1 aliphatic heterocycles. The Morgan fingerprint density at radius 1 is 1.70 bits per heavy atom. The molecule has 0 radical (unpaired) electrons. The molecule has 58 valence electrons. The van der Waals surface area contributed by atoms with Crippen molar-refractivity contribution in [3.63, 3.8) is 0 Å². The van der Waals surface area contributed by atoms with Crippen LogP contribution in [0.25, 0.3) is 0 Å². The largest absolute Gasteiger partial charge is 0.454 e. The minimum atomic E-state index is -0.746. The highest BCUT2D eigenvalue weighted by Gasteiger charge is 2.35. The summed E-state index contributed by atoms with van der Waals surface area (Å²) in [5.41, 5.74) is 5.00. The molecule has 0 bridgehead atoms. The summed E-state index contributed by atoms with van der Waals surface area (Å²) in [7, 11) is 0. The average Bonchev–Trinajstić information content (AvgIpc) is 2.47. The maximum absolute atomic E-state index is 10.1. The SMILES string of the molecule is CC1(CCOC(=O)Cl)NN1. The molecular formula is C5H9ClN2O2. The molecule has 1 fully saturated rings. The van der Waals surface area contributed by atoms with Gasteiger partial charge < -0.3 is 4.74 Å². The molecule has 0 aromatic rings. The molecule has 0 unspecified atom stereocenters. The summed E-state index contributed by atoms with van der Waals surface area (Å²) in [5, 5.41) is 0. The molecule has 0 aromatic heterocycles. The first-order chi connectivity index (χ1) is 4.62. The molecule has 1 aliphatic rings. The van der Waals surface area contributed by atoms with Crippen molar-refractivity contribution >= 4 is 17.0 Å². The van der Waals surface area contributed by atoms with Gasteiger partial charge in [-0.3, -0.25) is 0 Å². The second-order valence-corrected chi connectivity index (χ2v) is 2.73. The van der Waals surface area contributed by atoms with E-state index in [1.807, 2.05) is 6.92 Å². The zero-order valence-corrected chi connectivity index (χ0v) is 6.36. The molecular weight excluding hydrogens is 156 g/mol. The lowest BCUT2D eigenvalue weighted by Gasteiger charge is -2.02. The summed E-state index contributed by atoms with van der Waals surface area (Å²) in [6.45, 7) is 2.31. The van der Waals surface area contributed by atoms with Crippen LogP contribution in [0.2, 0.25) is 0 Å². The Morgan fingerprint density at radius 3 is 2.70 bits per heavy atom. The van der Waals surface area contributed by atoms with E-state index in [4.69, 9.17) is 11.6 Å². The second-order valence-electron chi connectivity index (χ2n) is 2.42. The summed E-state index contributed by atoms with van der Waals surface area (Å²) in [5.74, 6) is 0. The summed E-state index contributed by atoms with van der Waals surface area (Å²) < 4.78 is 4.50.